The molecule has 0 aromatic heterocycles. The molecule has 2 rings (SSSR count). The van der Waals surface area contributed by atoms with Gasteiger partial charge in [-0.15, -0.1) is 0 Å². The molecule has 0 spiro atoms. The Bertz CT molecular complexity index is 343. The van der Waals surface area contributed by atoms with Crippen molar-refractivity contribution < 1.29 is 4.74 Å². The van der Waals surface area contributed by atoms with E-state index in [4.69, 9.17) is 4.74 Å². The first-order valence-corrected chi connectivity index (χ1v) is 7.32. The first kappa shape index (κ1) is 13.4. The van der Waals surface area contributed by atoms with Crippen LogP contribution in [0, 0.1) is 0 Å². The van der Waals surface area contributed by atoms with Crippen LogP contribution < -0.4 is 4.74 Å². The summed E-state index contributed by atoms with van der Waals surface area (Å²) < 4.78 is 5.85. The van der Waals surface area contributed by atoms with E-state index in [1.807, 2.05) is 0 Å². The van der Waals surface area contributed by atoms with Gasteiger partial charge in [-0.05, 0) is 50.0 Å². The normalized spacial score (nSPS) is 17.4. The van der Waals surface area contributed by atoms with Crippen molar-refractivity contribution in [3.05, 3.63) is 29.8 Å². The molecule has 0 unspecified atom stereocenters. The highest BCUT2D eigenvalue weighted by molar-refractivity contribution is 5.28. The van der Waals surface area contributed by atoms with Crippen molar-refractivity contribution in [2.45, 2.75) is 39.0 Å². The Kier molecular flexibility index (Phi) is 5.53. The van der Waals surface area contributed by atoms with Gasteiger partial charge in [-0.2, -0.15) is 0 Å². The van der Waals surface area contributed by atoms with E-state index >= 15 is 0 Å². The summed E-state index contributed by atoms with van der Waals surface area (Å²) in [6, 6.07) is 8.45. The zero-order valence-electron chi connectivity index (χ0n) is 11.5. The fraction of sp³-hybridized carbons (Fsp3) is 0.625. The molecule has 0 bridgehead atoms. The van der Waals surface area contributed by atoms with Gasteiger partial charge in [-0.1, -0.05) is 31.9 Å². The summed E-state index contributed by atoms with van der Waals surface area (Å²) in [6.07, 6.45) is 6.58. The predicted molar refractivity (Wildman–Crippen MR) is 76.2 cm³/mol. The van der Waals surface area contributed by atoms with Gasteiger partial charge in [0, 0.05) is 6.54 Å². The van der Waals surface area contributed by atoms with Crippen LogP contribution in [0.4, 0.5) is 0 Å². The molecule has 1 aromatic carbocycles. The van der Waals surface area contributed by atoms with Gasteiger partial charge in [0.25, 0.3) is 0 Å². The van der Waals surface area contributed by atoms with E-state index in [2.05, 4.69) is 36.1 Å². The Morgan fingerprint density at radius 1 is 1.11 bits per heavy atom. The first-order valence-electron chi connectivity index (χ1n) is 7.32. The van der Waals surface area contributed by atoms with Crippen LogP contribution in [0.3, 0.4) is 0 Å². The van der Waals surface area contributed by atoms with Crippen molar-refractivity contribution in [1.82, 2.24) is 4.90 Å². The number of likely N-dealkylation sites (tertiary alicyclic amines) is 1. The molecule has 0 saturated carbocycles. The molecule has 18 heavy (non-hydrogen) atoms. The molecule has 0 atom stereocenters. The standard InChI is InChI=1S/C16H25NO/c1-2-15-8-7-9-16(14-15)18-13-12-17-10-5-3-4-6-11-17/h7-9,14H,2-6,10-13H2,1H3. The number of ether oxygens (including phenoxy) is 1. The van der Waals surface area contributed by atoms with E-state index in [-0.39, 0.29) is 0 Å². The summed E-state index contributed by atoms with van der Waals surface area (Å²) in [5, 5.41) is 0. The van der Waals surface area contributed by atoms with Crippen LogP contribution in [0.1, 0.15) is 38.2 Å². The van der Waals surface area contributed by atoms with Crippen LogP contribution in [0.25, 0.3) is 0 Å². The number of hydrogen-bond acceptors (Lipinski definition) is 2. The predicted octanol–water partition coefficient (Wildman–Crippen LogP) is 3.50. The second kappa shape index (κ2) is 7.42. The molecule has 2 nitrogen and oxygen atoms in total. The third-order valence-corrected chi connectivity index (χ3v) is 3.68. The third kappa shape index (κ3) is 4.34. The third-order valence-electron chi connectivity index (χ3n) is 3.68. The van der Waals surface area contributed by atoms with Gasteiger partial charge in [-0.3, -0.25) is 4.90 Å². The smallest absolute Gasteiger partial charge is 0.119 e. The summed E-state index contributed by atoms with van der Waals surface area (Å²) in [5.74, 6) is 1.02. The SMILES string of the molecule is CCc1cccc(OCCN2CCCCCC2)c1. The fourth-order valence-corrected chi connectivity index (χ4v) is 2.51. The summed E-state index contributed by atoms with van der Waals surface area (Å²) in [4.78, 5) is 2.54. The maximum absolute atomic E-state index is 5.85. The molecule has 1 heterocycles. The van der Waals surface area contributed by atoms with E-state index in [1.165, 1.54) is 44.3 Å². The van der Waals surface area contributed by atoms with Gasteiger partial charge in [0.2, 0.25) is 0 Å². The zero-order valence-corrected chi connectivity index (χ0v) is 11.5. The Labute approximate surface area is 111 Å². The minimum Gasteiger partial charge on any atom is -0.492 e. The Hall–Kier alpha value is -1.02. The summed E-state index contributed by atoms with van der Waals surface area (Å²) in [7, 11) is 0. The minimum atomic E-state index is 0.813. The first-order chi connectivity index (χ1) is 8.88. The van der Waals surface area contributed by atoms with Crippen molar-refractivity contribution in [1.29, 1.82) is 0 Å². The molecule has 0 radical (unpaired) electrons. The average Bonchev–Trinajstić information content (AvgIpc) is 2.68. The van der Waals surface area contributed by atoms with Gasteiger partial charge in [-0.25, -0.2) is 0 Å². The average molecular weight is 247 g/mol. The summed E-state index contributed by atoms with van der Waals surface area (Å²) in [6.45, 7) is 6.55. The van der Waals surface area contributed by atoms with E-state index < -0.39 is 0 Å². The van der Waals surface area contributed by atoms with Crippen molar-refractivity contribution >= 4 is 0 Å². The van der Waals surface area contributed by atoms with E-state index in [0.717, 1.165) is 25.3 Å². The highest BCUT2D eigenvalue weighted by atomic mass is 16.5. The largest absolute Gasteiger partial charge is 0.492 e. The molecule has 1 fully saturated rings. The van der Waals surface area contributed by atoms with Gasteiger partial charge in [0.1, 0.15) is 12.4 Å². The van der Waals surface area contributed by atoms with E-state index in [0.29, 0.717) is 0 Å². The van der Waals surface area contributed by atoms with Crippen LogP contribution in [0.15, 0.2) is 24.3 Å². The van der Waals surface area contributed by atoms with Crippen molar-refractivity contribution in [3.8, 4) is 5.75 Å². The molecular formula is C16H25NO. The van der Waals surface area contributed by atoms with Crippen molar-refractivity contribution in [2.75, 3.05) is 26.2 Å². The Morgan fingerprint density at radius 2 is 1.89 bits per heavy atom. The fourth-order valence-electron chi connectivity index (χ4n) is 2.51. The molecular weight excluding hydrogens is 222 g/mol. The number of rotatable bonds is 5. The number of nitrogens with zero attached hydrogens (tertiary/aromatic N) is 1. The molecule has 1 saturated heterocycles. The van der Waals surface area contributed by atoms with Gasteiger partial charge in [0.15, 0.2) is 0 Å². The van der Waals surface area contributed by atoms with Crippen LogP contribution >= 0.6 is 0 Å². The molecule has 100 valence electrons. The van der Waals surface area contributed by atoms with Gasteiger partial charge in [0.05, 0.1) is 0 Å². The molecule has 0 N–H and O–H groups in total. The molecule has 1 aliphatic heterocycles. The molecule has 0 amide bonds. The summed E-state index contributed by atoms with van der Waals surface area (Å²) in [5.41, 5.74) is 1.35. The van der Waals surface area contributed by atoms with Gasteiger partial charge < -0.3 is 4.74 Å². The lowest BCUT2D eigenvalue weighted by molar-refractivity contribution is 0.214. The topological polar surface area (TPSA) is 12.5 Å². The summed E-state index contributed by atoms with van der Waals surface area (Å²) >= 11 is 0. The Balaban J connectivity index is 1.73. The highest BCUT2D eigenvalue weighted by Gasteiger charge is 2.08. The quantitative estimate of drug-likeness (QED) is 0.789. The molecule has 1 aromatic rings. The number of benzene rings is 1. The van der Waals surface area contributed by atoms with Gasteiger partial charge >= 0.3 is 0 Å². The number of hydrogen-bond donors (Lipinski definition) is 0. The van der Waals surface area contributed by atoms with Crippen LogP contribution in [-0.4, -0.2) is 31.1 Å². The van der Waals surface area contributed by atoms with Crippen LogP contribution in [-0.2, 0) is 6.42 Å². The van der Waals surface area contributed by atoms with Crippen LogP contribution in [0.2, 0.25) is 0 Å². The minimum absolute atomic E-state index is 0.813. The maximum atomic E-state index is 5.85. The highest BCUT2D eigenvalue weighted by Crippen LogP contribution is 2.14. The van der Waals surface area contributed by atoms with Crippen LogP contribution in [0.5, 0.6) is 5.75 Å². The maximum Gasteiger partial charge on any atom is 0.119 e. The number of aryl methyl sites for hydroxylation is 1. The lowest BCUT2D eigenvalue weighted by Crippen LogP contribution is -2.29. The van der Waals surface area contributed by atoms with Crippen molar-refractivity contribution in [3.63, 3.8) is 0 Å². The van der Waals surface area contributed by atoms with E-state index in [1.54, 1.807) is 0 Å². The molecule has 1 aliphatic rings. The lowest BCUT2D eigenvalue weighted by Gasteiger charge is -2.19. The second-order valence-electron chi connectivity index (χ2n) is 5.11. The zero-order chi connectivity index (χ0) is 12.6. The molecule has 0 aliphatic carbocycles. The van der Waals surface area contributed by atoms with Crippen molar-refractivity contribution in [2.24, 2.45) is 0 Å². The second-order valence-corrected chi connectivity index (χ2v) is 5.11. The monoisotopic (exact) mass is 247 g/mol. The Morgan fingerprint density at radius 3 is 2.61 bits per heavy atom. The van der Waals surface area contributed by atoms with E-state index in [9.17, 15) is 0 Å². The lowest BCUT2D eigenvalue weighted by atomic mass is 10.2. The molecule has 2 heteroatoms.